The van der Waals surface area contributed by atoms with Crippen molar-refractivity contribution in [2.45, 2.75) is 6.92 Å². The van der Waals surface area contributed by atoms with Crippen LogP contribution in [0.1, 0.15) is 5.82 Å². The highest BCUT2D eigenvalue weighted by atomic mass is 32.2. The highest BCUT2D eigenvalue weighted by molar-refractivity contribution is 7.89. The van der Waals surface area contributed by atoms with Gasteiger partial charge in [0.15, 0.2) is 0 Å². The molecule has 2 heterocycles. The van der Waals surface area contributed by atoms with Gasteiger partial charge >= 0.3 is 0 Å². The Hall–Kier alpha value is -2.98. The molecule has 0 atom stereocenters. The van der Waals surface area contributed by atoms with Crippen molar-refractivity contribution in [2.75, 3.05) is 30.8 Å². The molecule has 0 radical (unpaired) electrons. The molecule has 0 saturated carbocycles. The van der Waals surface area contributed by atoms with Gasteiger partial charge in [0.2, 0.25) is 10.0 Å². The first kappa shape index (κ1) is 19.8. The van der Waals surface area contributed by atoms with Crippen molar-refractivity contribution in [1.29, 1.82) is 0 Å². The van der Waals surface area contributed by atoms with E-state index in [1.165, 1.54) is 6.33 Å². The maximum atomic E-state index is 12.0. The van der Waals surface area contributed by atoms with E-state index in [0.717, 1.165) is 5.82 Å². The summed E-state index contributed by atoms with van der Waals surface area (Å²) in [5.41, 5.74) is 0. The summed E-state index contributed by atoms with van der Waals surface area (Å²) in [7, 11) is -3.42. The second kappa shape index (κ2) is 9.29. The summed E-state index contributed by atoms with van der Waals surface area (Å²) in [6.45, 7) is 2.59. The summed E-state index contributed by atoms with van der Waals surface area (Å²) in [6.07, 6.45) is 4.95. The molecule has 148 valence electrons. The number of aromatic nitrogens is 4. The molecule has 1 aromatic carbocycles. The van der Waals surface area contributed by atoms with Gasteiger partial charge in [0.1, 0.15) is 36.1 Å². The van der Waals surface area contributed by atoms with Crippen LogP contribution in [-0.2, 0) is 10.0 Å². The minimum atomic E-state index is -3.42. The predicted octanol–water partition coefficient (Wildman–Crippen LogP) is 1.38. The van der Waals surface area contributed by atoms with Crippen LogP contribution in [0.15, 0.2) is 55.1 Å². The number of rotatable bonds is 10. The molecule has 3 aromatic rings. The van der Waals surface area contributed by atoms with Gasteiger partial charge in [-0.05, 0) is 19.1 Å². The maximum absolute atomic E-state index is 12.0. The van der Waals surface area contributed by atoms with Gasteiger partial charge in [-0.2, -0.15) is 0 Å². The molecule has 0 amide bonds. The summed E-state index contributed by atoms with van der Waals surface area (Å²) >= 11 is 0. The van der Waals surface area contributed by atoms with Crippen LogP contribution in [0.5, 0.6) is 5.75 Å². The summed E-state index contributed by atoms with van der Waals surface area (Å²) in [5.74, 6) is 2.64. The van der Waals surface area contributed by atoms with E-state index >= 15 is 0 Å². The molecular weight excluding hydrogens is 380 g/mol. The lowest BCUT2D eigenvalue weighted by atomic mass is 10.3. The van der Waals surface area contributed by atoms with Crippen LogP contribution in [0.25, 0.3) is 5.82 Å². The average Bonchev–Trinajstić information content (AvgIpc) is 3.12. The van der Waals surface area contributed by atoms with Crippen LogP contribution >= 0.6 is 0 Å². The number of benzene rings is 1. The fourth-order valence-electron chi connectivity index (χ4n) is 2.45. The van der Waals surface area contributed by atoms with Crippen molar-refractivity contribution in [3.63, 3.8) is 0 Å². The number of para-hydroxylation sites is 1. The standard InChI is InChI=1S/C18H22N6O3S/c1-15-19-9-10-24(15)18-13-17(21-14-22-18)20-7-8-23-28(25,26)12-11-27-16-5-3-2-4-6-16/h2-6,9-10,13-14,23H,7-8,11-12H2,1H3,(H,20,21,22). The molecule has 0 spiro atoms. The van der Waals surface area contributed by atoms with Crippen molar-refractivity contribution in [3.05, 3.63) is 60.9 Å². The fraction of sp³-hybridized carbons (Fsp3) is 0.278. The van der Waals surface area contributed by atoms with Gasteiger partial charge in [-0.25, -0.2) is 28.1 Å². The van der Waals surface area contributed by atoms with Crippen molar-refractivity contribution >= 4 is 15.8 Å². The molecule has 0 unspecified atom stereocenters. The summed E-state index contributed by atoms with van der Waals surface area (Å²) in [4.78, 5) is 12.5. The number of anilines is 1. The molecular formula is C18H22N6O3S. The van der Waals surface area contributed by atoms with Crippen molar-refractivity contribution in [3.8, 4) is 11.6 Å². The molecule has 2 aromatic heterocycles. The number of hydrogen-bond donors (Lipinski definition) is 2. The van der Waals surface area contributed by atoms with Crippen LogP contribution in [0.4, 0.5) is 5.82 Å². The van der Waals surface area contributed by atoms with Gasteiger partial charge in [-0.3, -0.25) is 4.57 Å². The minimum absolute atomic E-state index is 0.0896. The highest BCUT2D eigenvalue weighted by Gasteiger charge is 2.10. The third-order valence-electron chi connectivity index (χ3n) is 3.84. The molecule has 10 heteroatoms. The SMILES string of the molecule is Cc1nccn1-c1cc(NCCNS(=O)(=O)CCOc2ccccc2)ncn1. The fourth-order valence-corrected chi connectivity index (χ4v) is 3.31. The normalized spacial score (nSPS) is 11.3. The lowest BCUT2D eigenvalue weighted by molar-refractivity contribution is 0.340. The number of ether oxygens (including phenoxy) is 1. The second-order valence-electron chi connectivity index (χ2n) is 5.91. The van der Waals surface area contributed by atoms with Gasteiger partial charge in [0, 0.05) is 31.5 Å². The Morgan fingerprint density at radius 1 is 1.11 bits per heavy atom. The van der Waals surface area contributed by atoms with Crippen LogP contribution in [-0.4, -0.2) is 53.4 Å². The monoisotopic (exact) mass is 402 g/mol. The van der Waals surface area contributed by atoms with Gasteiger partial charge < -0.3 is 10.1 Å². The molecule has 0 aliphatic carbocycles. The van der Waals surface area contributed by atoms with Gasteiger partial charge in [-0.15, -0.1) is 0 Å². The molecule has 28 heavy (non-hydrogen) atoms. The Labute approximate surface area is 163 Å². The van der Waals surface area contributed by atoms with E-state index in [9.17, 15) is 8.42 Å². The van der Waals surface area contributed by atoms with Crippen LogP contribution in [0.2, 0.25) is 0 Å². The largest absolute Gasteiger partial charge is 0.492 e. The minimum Gasteiger partial charge on any atom is -0.492 e. The number of hydrogen-bond acceptors (Lipinski definition) is 7. The first-order valence-corrected chi connectivity index (χ1v) is 10.4. The Balaban J connectivity index is 1.42. The third kappa shape index (κ3) is 5.76. The lowest BCUT2D eigenvalue weighted by Crippen LogP contribution is -2.32. The average molecular weight is 402 g/mol. The van der Waals surface area contributed by atoms with E-state index in [1.807, 2.05) is 35.9 Å². The number of aryl methyl sites for hydroxylation is 1. The van der Waals surface area contributed by atoms with Crippen LogP contribution < -0.4 is 14.8 Å². The smallest absolute Gasteiger partial charge is 0.215 e. The van der Waals surface area contributed by atoms with E-state index in [1.54, 1.807) is 24.4 Å². The van der Waals surface area contributed by atoms with Crippen molar-refractivity contribution in [2.24, 2.45) is 0 Å². The zero-order valence-electron chi connectivity index (χ0n) is 15.4. The summed E-state index contributed by atoms with van der Waals surface area (Å²) in [6, 6.07) is 10.9. The van der Waals surface area contributed by atoms with E-state index in [4.69, 9.17) is 4.74 Å². The van der Waals surface area contributed by atoms with Gasteiger partial charge in [-0.1, -0.05) is 18.2 Å². The van der Waals surface area contributed by atoms with Crippen molar-refractivity contribution < 1.29 is 13.2 Å². The number of imidazole rings is 1. The molecule has 0 bridgehead atoms. The Morgan fingerprint density at radius 3 is 2.68 bits per heavy atom. The molecule has 2 N–H and O–H groups in total. The molecule has 0 fully saturated rings. The second-order valence-corrected chi connectivity index (χ2v) is 7.83. The Kier molecular flexibility index (Phi) is 6.56. The molecule has 3 rings (SSSR count). The van der Waals surface area contributed by atoms with Gasteiger partial charge in [0.05, 0.1) is 5.75 Å². The number of nitrogens with one attached hydrogen (secondary N) is 2. The molecule has 0 aliphatic heterocycles. The molecule has 9 nitrogen and oxygen atoms in total. The van der Waals surface area contributed by atoms with Crippen molar-refractivity contribution in [1.82, 2.24) is 24.2 Å². The summed E-state index contributed by atoms with van der Waals surface area (Å²) in [5, 5.41) is 3.08. The van der Waals surface area contributed by atoms with Crippen LogP contribution in [0.3, 0.4) is 0 Å². The van der Waals surface area contributed by atoms with E-state index in [-0.39, 0.29) is 18.9 Å². The van der Waals surface area contributed by atoms with Crippen LogP contribution in [0, 0.1) is 6.92 Å². The van der Waals surface area contributed by atoms with Gasteiger partial charge in [0.25, 0.3) is 0 Å². The van der Waals surface area contributed by atoms with E-state index in [2.05, 4.69) is 25.0 Å². The zero-order valence-corrected chi connectivity index (χ0v) is 16.3. The lowest BCUT2D eigenvalue weighted by Gasteiger charge is -2.10. The highest BCUT2D eigenvalue weighted by Crippen LogP contribution is 2.10. The van der Waals surface area contributed by atoms with E-state index < -0.39 is 10.0 Å². The Morgan fingerprint density at radius 2 is 1.93 bits per heavy atom. The predicted molar refractivity (Wildman–Crippen MR) is 106 cm³/mol. The molecule has 0 saturated heterocycles. The number of nitrogens with zero attached hydrogens (tertiary/aromatic N) is 4. The Bertz CT molecular complexity index is 991. The zero-order chi connectivity index (χ0) is 19.8. The van der Waals surface area contributed by atoms with E-state index in [0.29, 0.717) is 23.9 Å². The summed E-state index contributed by atoms with van der Waals surface area (Å²) < 4.78 is 33.8. The quantitative estimate of drug-likeness (QED) is 0.493. The topological polar surface area (TPSA) is 111 Å². The third-order valence-corrected chi connectivity index (χ3v) is 5.19. The first-order valence-electron chi connectivity index (χ1n) is 8.75. The number of sulfonamides is 1. The molecule has 0 aliphatic rings. The first-order chi connectivity index (χ1) is 13.5. The maximum Gasteiger partial charge on any atom is 0.215 e.